The Labute approximate surface area is 94.2 Å². The van der Waals surface area contributed by atoms with E-state index in [-0.39, 0.29) is 0 Å². The molecule has 0 saturated heterocycles. The van der Waals surface area contributed by atoms with Gasteiger partial charge in [-0.2, -0.15) is 0 Å². The zero-order valence-electron chi connectivity index (χ0n) is 8.53. The van der Waals surface area contributed by atoms with Gasteiger partial charge in [0.05, 0.1) is 5.41 Å². The number of allylic oxidation sites excluding steroid dienone is 1. The van der Waals surface area contributed by atoms with Crippen molar-refractivity contribution in [3.63, 3.8) is 0 Å². The van der Waals surface area contributed by atoms with Gasteiger partial charge in [0, 0.05) is 5.02 Å². The van der Waals surface area contributed by atoms with Gasteiger partial charge < -0.3 is 5.11 Å². The maximum atomic E-state index is 11.3. The van der Waals surface area contributed by atoms with Gasteiger partial charge in [0.15, 0.2) is 0 Å². The lowest BCUT2D eigenvalue weighted by Gasteiger charge is -2.24. The molecule has 0 amide bonds. The number of hydrogen-bond acceptors (Lipinski definition) is 1. The standard InChI is InChI=1S/C12H13ClO2/c1-3-8-12(2,11(14)15)9-6-4-5-7-10(9)13/h3-7H,1,8H2,2H3,(H,14,15). The van der Waals surface area contributed by atoms with Crippen molar-refractivity contribution in [3.05, 3.63) is 47.5 Å². The van der Waals surface area contributed by atoms with Gasteiger partial charge in [-0.25, -0.2) is 0 Å². The Kier molecular flexibility index (Phi) is 3.53. The molecule has 0 saturated carbocycles. The molecular weight excluding hydrogens is 212 g/mol. The van der Waals surface area contributed by atoms with Crippen LogP contribution in [0, 0.1) is 0 Å². The first-order chi connectivity index (χ1) is 7.02. The van der Waals surface area contributed by atoms with Crippen LogP contribution in [0.2, 0.25) is 5.02 Å². The van der Waals surface area contributed by atoms with Crippen molar-refractivity contribution in [2.24, 2.45) is 0 Å². The Balaban J connectivity index is 3.27. The molecule has 1 unspecified atom stereocenters. The van der Waals surface area contributed by atoms with Crippen molar-refractivity contribution < 1.29 is 9.90 Å². The van der Waals surface area contributed by atoms with Gasteiger partial charge in [0.25, 0.3) is 0 Å². The van der Waals surface area contributed by atoms with E-state index in [4.69, 9.17) is 11.6 Å². The normalized spacial score (nSPS) is 14.3. The minimum atomic E-state index is -1.000. The largest absolute Gasteiger partial charge is 0.481 e. The van der Waals surface area contributed by atoms with Gasteiger partial charge in [0.1, 0.15) is 0 Å². The summed E-state index contributed by atoms with van der Waals surface area (Å²) in [4.78, 5) is 11.3. The summed E-state index contributed by atoms with van der Waals surface area (Å²) in [5.74, 6) is -0.893. The van der Waals surface area contributed by atoms with Crippen LogP contribution in [0.5, 0.6) is 0 Å². The quantitative estimate of drug-likeness (QED) is 0.798. The molecular formula is C12H13ClO2. The zero-order valence-corrected chi connectivity index (χ0v) is 9.29. The molecule has 15 heavy (non-hydrogen) atoms. The molecule has 0 radical (unpaired) electrons. The van der Waals surface area contributed by atoms with E-state index in [1.165, 1.54) is 0 Å². The molecule has 0 heterocycles. The van der Waals surface area contributed by atoms with Crippen molar-refractivity contribution in [1.29, 1.82) is 0 Å². The average molecular weight is 225 g/mol. The van der Waals surface area contributed by atoms with Crippen LogP contribution in [0.3, 0.4) is 0 Å². The fraction of sp³-hybridized carbons (Fsp3) is 0.250. The van der Waals surface area contributed by atoms with Gasteiger partial charge in [-0.15, -0.1) is 6.58 Å². The average Bonchev–Trinajstić information content (AvgIpc) is 2.18. The van der Waals surface area contributed by atoms with Crippen molar-refractivity contribution >= 4 is 17.6 Å². The van der Waals surface area contributed by atoms with Crippen LogP contribution < -0.4 is 0 Å². The van der Waals surface area contributed by atoms with Crippen molar-refractivity contribution in [3.8, 4) is 0 Å². The van der Waals surface area contributed by atoms with Crippen LogP contribution in [0.1, 0.15) is 18.9 Å². The number of aliphatic carboxylic acids is 1. The molecule has 1 atom stereocenters. The van der Waals surface area contributed by atoms with E-state index in [0.29, 0.717) is 17.0 Å². The Morgan fingerprint density at radius 3 is 2.67 bits per heavy atom. The molecule has 80 valence electrons. The Hall–Kier alpha value is -1.28. The minimum absolute atomic E-state index is 0.353. The monoisotopic (exact) mass is 224 g/mol. The summed E-state index contributed by atoms with van der Waals surface area (Å²) in [5, 5.41) is 9.71. The molecule has 0 aliphatic heterocycles. The van der Waals surface area contributed by atoms with Crippen LogP contribution in [0.15, 0.2) is 36.9 Å². The number of carbonyl (C=O) groups is 1. The van der Waals surface area contributed by atoms with Gasteiger partial charge >= 0.3 is 5.97 Å². The van der Waals surface area contributed by atoms with Crippen LogP contribution in [0.4, 0.5) is 0 Å². The summed E-state index contributed by atoms with van der Waals surface area (Å²) in [5.41, 5.74) is -0.376. The lowest BCUT2D eigenvalue weighted by atomic mass is 9.79. The van der Waals surface area contributed by atoms with Gasteiger partial charge in [-0.1, -0.05) is 35.9 Å². The summed E-state index contributed by atoms with van der Waals surface area (Å²) < 4.78 is 0. The molecule has 1 aromatic rings. The molecule has 0 aromatic heterocycles. The minimum Gasteiger partial charge on any atom is -0.481 e. The van der Waals surface area contributed by atoms with E-state index >= 15 is 0 Å². The van der Waals surface area contributed by atoms with Crippen molar-refractivity contribution in [1.82, 2.24) is 0 Å². The lowest BCUT2D eigenvalue weighted by Crippen LogP contribution is -2.32. The third-order valence-electron chi connectivity index (χ3n) is 2.49. The fourth-order valence-corrected chi connectivity index (χ4v) is 1.85. The molecule has 0 spiro atoms. The van der Waals surface area contributed by atoms with E-state index < -0.39 is 11.4 Å². The van der Waals surface area contributed by atoms with Gasteiger partial charge in [-0.05, 0) is 25.0 Å². The third-order valence-corrected chi connectivity index (χ3v) is 2.82. The maximum Gasteiger partial charge on any atom is 0.314 e. The molecule has 2 nitrogen and oxygen atoms in total. The highest BCUT2D eigenvalue weighted by Crippen LogP contribution is 2.33. The van der Waals surface area contributed by atoms with Crippen LogP contribution >= 0.6 is 11.6 Å². The molecule has 0 bridgehead atoms. The first-order valence-electron chi connectivity index (χ1n) is 4.61. The van der Waals surface area contributed by atoms with E-state index in [2.05, 4.69) is 6.58 Å². The molecule has 3 heteroatoms. The first-order valence-corrected chi connectivity index (χ1v) is 4.99. The van der Waals surface area contributed by atoms with E-state index in [0.717, 1.165) is 0 Å². The van der Waals surface area contributed by atoms with Crippen molar-refractivity contribution in [2.45, 2.75) is 18.8 Å². The summed E-state index contributed by atoms with van der Waals surface area (Å²) in [6.07, 6.45) is 1.95. The molecule has 0 aliphatic carbocycles. The smallest absolute Gasteiger partial charge is 0.314 e. The Bertz CT molecular complexity index is 387. The topological polar surface area (TPSA) is 37.3 Å². The number of carboxylic acids is 1. The maximum absolute atomic E-state index is 11.3. The summed E-state index contributed by atoms with van der Waals surface area (Å²) in [6, 6.07) is 6.99. The molecule has 1 rings (SSSR count). The van der Waals surface area contributed by atoms with Gasteiger partial charge in [0.2, 0.25) is 0 Å². The van der Waals surface area contributed by atoms with Crippen LogP contribution in [-0.4, -0.2) is 11.1 Å². The predicted molar refractivity (Wildman–Crippen MR) is 61.3 cm³/mol. The van der Waals surface area contributed by atoms with E-state index in [1.807, 2.05) is 0 Å². The van der Waals surface area contributed by atoms with E-state index in [1.54, 1.807) is 37.3 Å². The third kappa shape index (κ3) is 2.21. The summed E-state index contributed by atoms with van der Waals surface area (Å²) in [6.45, 7) is 5.23. The van der Waals surface area contributed by atoms with Gasteiger partial charge in [-0.3, -0.25) is 4.79 Å². The number of rotatable bonds is 4. The lowest BCUT2D eigenvalue weighted by molar-refractivity contribution is -0.143. The highest BCUT2D eigenvalue weighted by atomic mass is 35.5. The SMILES string of the molecule is C=CCC(C)(C(=O)O)c1ccccc1Cl. The van der Waals surface area contributed by atoms with Crippen LogP contribution in [-0.2, 0) is 10.2 Å². The fourth-order valence-electron chi connectivity index (χ4n) is 1.51. The molecule has 1 aromatic carbocycles. The molecule has 0 fully saturated rings. The Morgan fingerprint density at radius 1 is 1.60 bits per heavy atom. The number of carboxylic acid groups (broad SMARTS) is 1. The molecule has 1 N–H and O–H groups in total. The van der Waals surface area contributed by atoms with Crippen LogP contribution in [0.25, 0.3) is 0 Å². The second kappa shape index (κ2) is 4.49. The second-order valence-electron chi connectivity index (χ2n) is 3.61. The second-order valence-corrected chi connectivity index (χ2v) is 4.02. The number of halogens is 1. The van der Waals surface area contributed by atoms with E-state index in [9.17, 15) is 9.90 Å². The molecule has 0 aliphatic rings. The predicted octanol–water partition coefficient (Wildman–Crippen LogP) is 3.26. The Morgan fingerprint density at radius 2 is 2.20 bits per heavy atom. The number of hydrogen-bond donors (Lipinski definition) is 1. The first kappa shape index (κ1) is 11.8. The highest BCUT2D eigenvalue weighted by Gasteiger charge is 2.35. The number of benzene rings is 1. The zero-order chi connectivity index (χ0) is 11.5. The van der Waals surface area contributed by atoms with Crippen molar-refractivity contribution in [2.75, 3.05) is 0 Å². The summed E-state index contributed by atoms with van der Waals surface area (Å²) >= 11 is 5.99. The summed E-state index contributed by atoms with van der Waals surface area (Å²) in [7, 11) is 0. The highest BCUT2D eigenvalue weighted by molar-refractivity contribution is 6.31.